The van der Waals surface area contributed by atoms with Gasteiger partial charge in [-0.2, -0.15) is 18.3 Å². The van der Waals surface area contributed by atoms with E-state index < -0.39 is 12.2 Å². The first-order valence-corrected chi connectivity index (χ1v) is 5.32. The molecule has 1 aromatic heterocycles. The highest BCUT2D eigenvalue weighted by molar-refractivity contribution is 5.09. The molecule has 1 atom stereocenters. The molecule has 16 heavy (non-hydrogen) atoms. The van der Waals surface area contributed by atoms with E-state index in [9.17, 15) is 13.2 Å². The standard InChI is InChI=1S/C10H16F3N3/c1-3-7-16-8(5-6-15-16)9(14-4-2)10(11,12)13/h5-6,9,14H,3-4,7H2,1-2H3. The Labute approximate surface area is 92.6 Å². The van der Waals surface area contributed by atoms with Crippen LogP contribution in [-0.2, 0) is 6.54 Å². The molecule has 0 aliphatic heterocycles. The van der Waals surface area contributed by atoms with Gasteiger partial charge in [0.25, 0.3) is 0 Å². The molecule has 0 aromatic carbocycles. The molecule has 0 aliphatic rings. The Bertz CT molecular complexity index is 319. The van der Waals surface area contributed by atoms with Gasteiger partial charge in [0.15, 0.2) is 0 Å². The maximum Gasteiger partial charge on any atom is 0.409 e. The third-order valence-corrected chi connectivity index (χ3v) is 2.22. The van der Waals surface area contributed by atoms with Crippen molar-refractivity contribution >= 4 is 0 Å². The topological polar surface area (TPSA) is 29.9 Å². The van der Waals surface area contributed by atoms with Crippen molar-refractivity contribution in [1.29, 1.82) is 0 Å². The lowest BCUT2D eigenvalue weighted by atomic mass is 10.2. The largest absolute Gasteiger partial charge is 0.409 e. The Morgan fingerprint density at radius 3 is 2.62 bits per heavy atom. The summed E-state index contributed by atoms with van der Waals surface area (Å²) in [5, 5.41) is 6.34. The zero-order valence-electron chi connectivity index (χ0n) is 9.38. The first-order valence-electron chi connectivity index (χ1n) is 5.32. The van der Waals surface area contributed by atoms with Crippen molar-refractivity contribution in [2.75, 3.05) is 6.54 Å². The molecule has 0 radical (unpaired) electrons. The lowest BCUT2D eigenvalue weighted by molar-refractivity contribution is -0.159. The van der Waals surface area contributed by atoms with Gasteiger partial charge in [0.2, 0.25) is 0 Å². The highest BCUT2D eigenvalue weighted by atomic mass is 19.4. The van der Waals surface area contributed by atoms with Crippen molar-refractivity contribution in [2.24, 2.45) is 0 Å². The molecule has 6 heteroatoms. The summed E-state index contributed by atoms with van der Waals surface area (Å²) >= 11 is 0. The summed E-state index contributed by atoms with van der Waals surface area (Å²) in [5.74, 6) is 0. The summed E-state index contributed by atoms with van der Waals surface area (Å²) < 4.78 is 39.8. The van der Waals surface area contributed by atoms with Gasteiger partial charge < -0.3 is 5.32 Å². The van der Waals surface area contributed by atoms with Crippen LogP contribution < -0.4 is 5.32 Å². The monoisotopic (exact) mass is 235 g/mol. The van der Waals surface area contributed by atoms with Crippen LogP contribution in [0.2, 0.25) is 0 Å². The van der Waals surface area contributed by atoms with E-state index in [1.807, 2.05) is 6.92 Å². The highest BCUT2D eigenvalue weighted by Crippen LogP contribution is 2.32. The molecule has 1 unspecified atom stereocenters. The van der Waals surface area contributed by atoms with E-state index in [0.29, 0.717) is 6.54 Å². The van der Waals surface area contributed by atoms with Crippen molar-refractivity contribution < 1.29 is 13.2 Å². The van der Waals surface area contributed by atoms with Crippen molar-refractivity contribution in [3.63, 3.8) is 0 Å². The summed E-state index contributed by atoms with van der Waals surface area (Å²) in [6, 6.07) is -0.220. The molecule has 0 bridgehead atoms. The third-order valence-electron chi connectivity index (χ3n) is 2.22. The van der Waals surface area contributed by atoms with Gasteiger partial charge in [-0.05, 0) is 19.0 Å². The highest BCUT2D eigenvalue weighted by Gasteiger charge is 2.41. The van der Waals surface area contributed by atoms with E-state index in [2.05, 4.69) is 10.4 Å². The molecule has 0 saturated carbocycles. The van der Waals surface area contributed by atoms with Crippen LogP contribution in [0.15, 0.2) is 12.3 Å². The van der Waals surface area contributed by atoms with Gasteiger partial charge in [0, 0.05) is 12.7 Å². The van der Waals surface area contributed by atoms with Crippen LogP contribution in [-0.4, -0.2) is 22.5 Å². The van der Waals surface area contributed by atoms with Gasteiger partial charge >= 0.3 is 6.18 Å². The molecular weight excluding hydrogens is 219 g/mol. The normalized spacial score (nSPS) is 14.1. The Balaban J connectivity index is 2.96. The molecule has 1 rings (SSSR count). The fourth-order valence-electron chi connectivity index (χ4n) is 1.58. The van der Waals surface area contributed by atoms with E-state index in [1.165, 1.54) is 16.9 Å². The number of hydrogen-bond donors (Lipinski definition) is 1. The average Bonchev–Trinajstić information content (AvgIpc) is 2.61. The number of aryl methyl sites for hydroxylation is 1. The van der Waals surface area contributed by atoms with Crippen molar-refractivity contribution in [3.8, 4) is 0 Å². The number of alkyl halides is 3. The maximum absolute atomic E-state index is 12.8. The van der Waals surface area contributed by atoms with Crippen LogP contribution >= 0.6 is 0 Å². The smallest absolute Gasteiger partial charge is 0.301 e. The second kappa shape index (κ2) is 5.34. The first-order chi connectivity index (χ1) is 7.50. The van der Waals surface area contributed by atoms with E-state index in [-0.39, 0.29) is 12.2 Å². The predicted molar refractivity (Wildman–Crippen MR) is 55.0 cm³/mol. The van der Waals surface area contributed by atoms with E-state index >= 15 is 0 Å². The SMILES string of the molecule is CCCn1nccc1C(NCC)C(F)(F)F. The summed E-state index contributed by atoms with van der Waals surface area (Å²) in [6.07, 6.45) is -2.13. The Kier molecular flexibility index (Phi) is 4.35. The Morgan fingerprint density at radius 2 is 2.12 bits per heavy atom. The molecule has 1 heterocycles. The second-order valence-corrected chi connectivity index (χ2v) is 3.51. The molecule has 0 aliphatic carbocycles. The van der Waals surface area contributed by atoms with Crippen LogP contribution in [0.3, 0.4) is 0 Å². The fourth-order valence-corrected chi connectivity index (χ4v) is 1.58. The molecule has 1 N–H and O–H groups in total. The molecule has 0 fully saturated rings. The zero-order chi connectivity index (χ0) is 12.2. The van der Waals surface area contributed by atoms with Gasteiger partial charge in [-0.25, -0.2) is 0 Å². The van der Waals surface area contributed by atoms with Crippen molar-refractivity contribution in [2.45, 2.75) is 39.0 Å². The lowest BCUT2D eigenvalue weighted by Gasteiger charge is -2.21. The Morgan fingerprint density at radius 1 is 1.44 bits per heavy atom. The van der Waals surface area contributed by atoms with Gasteiger partial charge in [0.05, 0.1) is 5.69 Å². The quantitative estimate of drug-likeness (QED) is 0.849. The molecule has 0 saturated heterocycles. The number of rotatable bonds is 5. The predicted octanol–water partition coefficient (Wildman–Crippen LogP) is 2.51. The van der Waals surface area contributed by atoms with Gasteiger partial charge in [-0.3, -0.25) is 4.68 Å². The van der Waals surface area contributed by atoms with E-state index in [0.717, 1.165) is 6.42 Å². The number of nitrogens with one attached hydrogen (secondary N) is 1. The maximum atomic E-state index is 12.8. The number of hydrogen-bond acceptors (Lipinski definition) is 2. The average molecular weight is 235 g/mol. The van der Waals surface area contributed by atoms with Crippen LogP contribution in [0.4, 0.5) is 13.2 Å². The van der Waals surface area contributed by atoms with Crippen molar-refractivity contribution in [1.82, 2.24) is 15.1 Å². The molecule has 0 spiro atoms. The van der Waals surface area contributed by atoms with Crippen molar-refractivity contribution in [3.05, 3.63) is 18.0 Å². The summed E-state index contributed by atoms with van der Waals surface area (Å²) in [7, 11) is 0. The minimum Gasteiger partial charge on any atom is -0.301 e. The summed E-state index contributed by atoms with van der Waals surface area (Å²) in [4.78, 5) is 0. The van der Waals surface area contributed by atoms with Gasteiger partial charge in [0.1, 0.15) is 6.04 Å². The van der Waals surface area contributed by atoms with Crippen LogP contribution in [0.25, 0.3) is 0 Å². The van der Waals surface area contributed by atoms with E-state index in [1.54, 1.807) is 6.92 Å². The molecule has 0 amide bonds. The Hall–Kier alpha value is -1.04. The van der Waals surface area contributed by atoms with E-state index in [4.69, 9.17) is 0 Å². The minimum atomic E-state index is -4.29. The van der Waals surface area contributed by atoms with Gasteiger partial charge in [-0.15, -0.1) is 0 Å². The molecular formula is C10H16F3N3. The number of nitrogens with zero attached hydrogens (tertiary/aromatic N) is 2. The fraction of sp³-hybridized carbons (Fsp3) is 0.700. The van der Waals surface area contributed by atoms with Crippen LogP contribution in [0, 0.1) is 0 Å². The number of halogens is 3. The lowest BCUT2D eigenvalue weighted by Crippen LogP contribution is -2.35. The molecule has 92 valence electrons. The summed E-state index contributed by atoms with van der Waals surface area (Å²) in [6.45, 7) is 4.32. The molecule has 3 nitrogen and oxygen atoms in total. The first kappa shape index (κ1) is 13.0. The molecule has 1 aromatic rings. The third kappa shape index (κ3) is 2.98. The zero-order valence-corrected chi connectivity index (χ0v) is 9.38. The van der Waals surface area contributed by atoms with Crippen LogP contribution in [0.1, 0.15) is 32.0 Å². The van der Waals surface area contributed by atoms with Crippen LogP contribution in [0.5, 0.6) is 0 Å². The summed E-state index contributed by atoms with van der Waals surface area (Å²) in [5.41, 5.74) is 0.177. The second-order valence-electron chi connectivity index (χ2n) is 3.51. The minimum absolute atomic E-state index is 0.177. The number of aromatic nitrogens is 2. The van der Waals surface area contributed by atoms with Gasteiger partial charge in [-0.1, -0.05) is 13.8 Å².